The lowest BCUT2D eigenvalue weighted by Crippen LogP contribution is -2.62. The SMILES string of the molecule is CCn1c(-c2cccnc2[C@H](C)OC)c2c3cc(ccc31)-c1cc(O)cc(c1)C[C@H](NC(=O)[C@H](C(C)C)N(C)C(=O)[C@H]1CCN(C(=O)OC)C1)C(=O)N1CCC[C@H](N1)C(=O)OCC(C)(C)C2. The lowest BCUT2D eigenvalue weighted by Gasteiger charge is -2.37. The second-order valence-corrected chi connectivity index (χ2v) is 19.1. The van der Waals surface area contributed by atoms with Crippen LogP contribution in [0.25, 0.3) is 33.3 Å². The summed E-state index contributed by atoms with van der Waals surface area (Å²) in [6.07, 6.45) is 2.86. The Kier molecular flexibility index (Phi) is 14.4. The molecule has 16 nitrogen and oxygen atoms in total. The number of cyclic esters (lactones) is 1. The van der Waals surface area contributed by atoms with Crippen molar-refractivity contribution < 1.29 is 43.3 Å². The molecule has 0 unspecified atom stereocenters. The first-order valence-electron chi connectivity index (χ1n) is 23.1. The molecule has 0 spiro atoms. The summed E-state index contributed by atoms with van der Waals surface area (Å²) in [6, 6.07) is 12.5. The summed E-state index contributed by atoms with van der Waals surface area (Å²) < 4.78 is 19.1. The van der Waals surface area contributed by atoms with Crippen molar-refractivity contribution in [1.29, 1.82) is 0 Å². The van der Waals surface area contributed by atoms with Gasteiger partial charge in [0.2, 0.25) is 11.8 Å². The van der Waals surface area contributed by atoms with Gasteiger partial charge < -0.3 is 39.0 Å². The van der Waals surface area contributed by atoms with Crippen molar-refractivity contribution in [3.63, 3.8) is 0 Å². The van der Waals surface area contributed by atoms with E-state index in [0.717, 1.165) is 39.0 Å². The Morgan fingerprint density at radius 2 is 1.82 bits per heavy atom. The number of carbonyl (C=O) groups is 5. The first-order valence-corrected chi connectivity index (χ1v) is 23.1. The maximum absolute atomic E-state index is 14.7. The number of aromatic hydroxyl groups is 1. The van der Waals surface area contributed by atoms with Crippen molar-refractivity contribution in [1.82, 2.24) is 35.1 Å². The smallest absolute Gasteiger partial charge is 0.409 e. The lowest BCUT2D eigenvalue weighted by atomic mass is 9.84. The molecule has 2 aromatic carbocycles. The molecule has 4 amide bonds. The standard InChI is InChI=1S/C50H65N7O9/c1-10-56-41-16-15-32-25-37(41)38(44(56)36-13-11-18-51-42(36)30(4)64-8)26-50(5,6)28-66-48(62)39-14-12-19-57(53-39)47(61)40(23-31-21-34(32)24-35(58)22-31)52-45(59)43(29(2)3)54(7)46(60)33-17-20-55(27-33)49(63)65-9/h11,13,15-16,18,21-22,24-25,29-30,33,39-40,43,53,58H,10,12,14,17,19-20,23,26-28H2,1-9H3,(H,52,59)/t30-,33-,39-,40-,43-/m0/s1. The minimum absolute atomic E-state index is 0.0156. The fraction of sp³-hybridized carbons (Fsp3) is 0.520. The van der Waals surface area contributed by atoms with Crippen LogP contribution in [0, 0.1) is 17.3 Å². The molecule has 3 N–H and O–H groups in total. The van der Waals surface area contributed by atoms with Crippen LogP contribution in [0.1, 0.15) is 83.7 Å². The number of phenolic OH excluding ortho intramolecular Hbond substituents is 1. The summed E-state index contributed by atoms with van der Waals surface area (Å²) in [7, 11) is 4.53. The number of methoxy groups -OCH3 is 2. The number of likely N-dealkylation sites (tertiary alicyclic amines) is 1. The molecule has 0 saturated carbocycles. The number of esters is 1. The van der Waals surface area contributed by atoms with Gasteiger partial charge in [0, 0.05) is 74.8 Å². The van der Waals surface area contributed by atoms with Gasteiger partial charge in [-0.1, -0.05) is 39.8 Å². The first kappa shape index (κ1) is 47.9. The van der Waals surface area contributed by atoms with Crippen molar-refractivity contribution >= 4 is 40.7 Å². The van der Waals surface area contributed by atoms with Crippen LogP contribution >= 0.6 is 0 Å². The number of aromatic nitrogens is 2. The molecule has 354 valence electrons. The number of hydrogen-bond acceptors (Lipinski definition) is 11. The van der Waals surface area contributed by atoms with Gasteiger partial charge in [-0.2, -0.15) is 0 Å². The monoisotopic (exact) mass is 907 g/mol. The van der Waals surface area contributed by atoms with Crippen molar-refractivity contribution in [3.05, 3.63) is 71.5 Å². The molecule has 3 aliphatic heterocycles. The summed E-state index contributed by atoms with van der Waals surface area (Å²) in [5, 5.41) is 16.7. The van der Waals surface area contributed by atoms with E-state index in [9.17, 15) is 29.1 Å². The molecule has 3 aliphatic rings. The van der Waals surface area contributed by atoms with Gasteiger partial charge >= 0.3 is 12.1 Å². The van der Waals surface area contributed by atoms with Crippen LogP contribution in [-0.4, -0.2) is 125 Å². The largest absolute Gasteiger partial charge is 0.508 e. The van der Waals surface area contributed by atoms with Crippen LogP contribution in [0.5, 0.6) is 5.75 Å². The number of aryl methyl sites for hydroxylation is 1. The molecule has 4 aromatic rings. The summed E-state index contributed by atoms with van der Waals surface area (Å²) in [5.41, 5.74) is 9.50. The number of pyridine rings is 1. The number of hydrazine groups is 1. The summed E-state index contributed by atoms with van der Waals surface area (Å²) >= 11 is 0. The molecule has 5 atom stereocenters. The average Bonchev–Trinajstić information content (AvgIpc) is 3.92. The van der Waals surface area contributed by atoms with Crippen molar-refractivity contribution in [2.24, 2.45) is 17.3 Å². The molecule has 2 aromatic heterocycles. The Bertz CT molecular complexity index is 2480. The van der Waals surface area contributed by atoms with Crippen molar-refractivity contribution in [2.45, 2.75) is 104 Å². The maximum atomic E-state index is 14.7. The van der Waals surface area contributed by atoms with Gasteiger partial charge in [0.25, 0.3) is 5.91 Å². The normalized spacial score (nSPS) is 21.0. The average molecular weight is 908 g/mol. The maximum Gasteiger partial charge on any atom is 0.409 e. The summed E-state index contributed by atoms with van der Waals surface area (Å²) in [4.78, 5) is 76.9. The van der Waals surface area contributed by atoms with Gasteiger partial charge in [-0.3, -0.25) is 29.2 Å². The van der Waals surface area contributed by atoms with Gasteiger partial charge in [-0.15, -0.1) is 0 Å². The Morgan fingerprint density at radius 3 is 2.53 bits per heavy atom. The number of fused-ring (bicyclic) bond motifs is 6. The molecule has 7 rings (SSSR count). The summed E-state index contributed by atoms with van der Waals surface area (Å²) in [6.45, 7) is 13.4. The Balaban J connectivity index is 1.31. The number of ether oxygens (including phenoxy) is 3. The van der Waals surface area contributed by atoms with Crippen LogP contribution < -0.4 is 10.7 Å². The quantitative estimate of drug-likeness (QED) is 0.167. The van der Waals surface area contributed by atoms with E-state index in [1.54, 1.807) is 32.5 Å². The molecular formula is C50H65N7O9. The van der Waals surface area contributed by atoms with Crippen molar-refractivity contribution in [3.8, 4) is 28.1 Å². The van der Waals surface area contributed by atoms with E-state index in [-0.39, 0.29) is 49.8 Å². The molecule has 2 fully saturated rings. The molecule has 5 heterocycles. The van der Waals surface area contributed by atoms with Gasteiger partial charge in [0.05, 0.1) is 37.1 Å². The number of carbonyl (C=O) groups excluding carboxylic acids is 5. The third-order valence-electron chi connectivity index (χ3n) is 13.3. The number of benzene rings is 2. The molecule has 0 radical (unpaired) electrons. The second kappa shape index (κ2) is 19.8. The number of amides is 4. The van der Waals surface area contributed by atoms with Crippen LogP contribution in [0.2, 0.25) is 0 Å². The van der Waals surface area contributed by atoms with E-state index in [0.29, 0.717) is 49.9 Å². The van der Waals surface area contributed by atoms with Gasteiger partial charge in [-0.05, 0) is 104 Å². The highest BCUT2D eigenvalue weighted by atomic mass is 16.5. The third-order valence-corrected chi connectivity index (χ3v) is 13.3. The van der Waals surface area contributed by atoms with Crippen LogP contribution in [-0.2, 0) is 52.8 Å². The van der Waals surface area contributed by atoms with E-state index < -0.39 is 53.3 Å². The molecule has 2 saturated heterocycles. The van der Waals surface area contributed by atoms with Crippen LogP contribution in [0.3, 0.4) is 0 Å². The number of hydrogen-bond donors (Lipinski definition) is 3. The lowest BCUT2D eigenvalue weighted by molar-refractivity contribution is -0.155. The van der Waals surface area contributed by atoms with E-state index in [2.05, 4.69) is 54.3 Å². The fourth-order valence-electron chi connectivity index (χ4n) is 9.93. The molecule has 0 aliphatic carbocycles. The number of nitrogens with one attached hydrogen (secondary N) is 2. The molecular weight excluding hydrogens is 843 g/mol. The highest BCUT2D eigenvalue weighted by Gasteiger charge is 2.40. The highest BCUT2D eigenvalue weighted by Crippen LogP contribution is 2.42. The predicted octanol–water partition coefficient (Wildman–Crippen LogP) is 6.02. The Morgan fingerprint density at radius 1 is 1.05 bits per heavy atom. The first-order chi connectivity index (χ1) is 31.4. The molecule has 6 bridgehead atoms. The fourth-order valence-corrected chi connectivity index (χ4v) is 9.93. The minimum atomic E-state index is -1.17. The predicted molar refractivity (Wildman–Crippen MR) is 249 cm³/mol. The minimum Gasteiger partial charge on any atom is -0.508 e. The van der Waals surface area contributed by atoms with E-state index in [1.165, 1.54) is 21.9 Å². The molecule has 66 heavy (non-hydrogen) atoms. The topological polar surface area (TPSA) is 185 Å². The van der Waals surface area contributed by atoms with Gasteiger partial charge in [0.15, 0.2) is 0 Å². The summed E-state index contributed by atoms with van der Waals surface area (Å²) in [5.74, 6) is -2.70. The highest BCUT2D eigenvalue weighted by molar-refractivity contribution is 5.96. The Hall–Kier alpha value is -6.00. The van der Waals surface area contributed by atoms with Crippen molar-refractivity contribution in [2.75, 3.05) is 47.5 Å². The zero-order valence-corrected chi connectivity index (χ0v) is 39.7. The Labute approximate surface area is 386 Å². The van der Waals surface area contributed by atoms with Gasteiger partial charge in [0.1, 0.15) is 23.9 Å². The number of phenols is 1. The van der Waals surface area contributed by atoms with Crippen LogP contribution in [0.15, 0.2) is 54.7 Å². The number of nitrogens with zero attached hydrogens (tertiary/aromatic N) is 5. The number of likely N-dealkylation sites (N-methyl/N-ethyl adjacent to an activating group) is 1. The van der Waals surface area contributed by atoms with Crippen LogP contribution in [0.4, 0.5) is 4.79 Å². The van der Waals surface area contributed by atoms with E-state index in [4.69, 9.17) is 19.2 Å². The van der Waals surface area contributed by atoms with Gasteiger partial charge in [-0.25, -0.2) is 10.2 Å². The van der Waals surface area contributed by atoms with E-state index in [1.807, 2.05) is 39.0 Å². The second-order valence-electron chi connectivity index (χ2n) is 19.1. The molecule has 16 heteroatoms. The van der Waals surface area contributed by atoms with E-state index >= 15 is 0 Å². The zero-order valence-electron chi connectivity index (χ0n) is 39.7. The third kappa shape index (κ3) is 9.90. The zero-order chi connectivity index (χ0) is 47.6. The number of rotatable bonds is 9.